The third-order valence-corrected chi connectivity index (χ3v) is 25.8. The first kappa shape index (κ1) is 112. The number of benzene rings is 8. The molecule has 2 atom stereocenters. The number of carbonyl (C=O) groups excluding carboxylic acids is 8. The number of nitrogens with zero attached hydrogens (tertiary/aromatic N) is 17. The summed E-state index contributed by atoms with van der Waals surface area (Å²) >= 11 is 0. The van der Waals surface area contributed by atoms with Crippen LogP contribution in [0.2, 0.25) is 0 Å². The van der Waals surface area contributed by atoms with Crippen LogP contribution >= 0.6 is 0 Å². The van der Waals surface area contributed by atoms with Crippen molar-refractivity contribution in [2.45, 2.75) is 258 Å². The number of aryl methyl sites for hydroxylation is 2. The van der Waals surface area contributed by atoms with Crippen LogP contribution in [-0.2, 0) is 45.0 Å². The summed E-state index contributed by atoms with van der Waals surface area (Å²) in [4.78, 5) is 132. The summed E-state index contributed by atoms with van der Waals surface area (Å²) in [5.41, 5.74) is 12.9. The average molecular weight is 2040 g/mol. The zero-order valence-electron chi connectivity index (χ0n) is 88.2. The molecule has 6 amide bonds. The number of amides is 6. The highest BCUT2D eigenvalue weighted by Gasteiger charge is 2.37. The molecule has 3 saturated carbocycles. The topological polar surface area (TPSA) is 420 Å². The highest BCUT2D eigenvalue weighted by molar-refractivity contribution is 6.00. The summed E-state index contributed by atoms with van der Waals surface area (Å²) in [7, 11) is 0. The van der Waals surface area contributed by atoms with E-state index in [1.54, 1.807) is 125 Å². The number of para-hydroxylation sites is 2. The Bertz CT molecular complexity index is 7710. The number of fused-ring (bicyclic) bond motifs is 6. The standard InChI is InChI=1S/C21H21FN4O.C19H17FN4O2.C18H19N5O2.C18H22N4O2.C18H25N3O2.C18H25N3O.CO2/c1-13(21(2,3)4)19(27)25-20-24-17-11-8-15(23-5)12-18(17)26(20)16-9-6-14(22)7-10-16;1-19(2,26)11-17(25)23-18-22-15-9-6-13(21-3)10-16(15)24(18)14-7-4-12(20)5-8-14;1-11-8-16(25-22-11)23-14-9-12(19-5)6-7-13(14)20-17(23)21-15(24)10-18(2,3)4;1-11(23)18(2,3)16(24)21-17-20-14-9-8-12(19-4)10-15(14)22(17)13-6-5-7-13;1-18(2,3)10-15(23)20-17-19-14-9-4-6-12(11-22)16(14)21(17)13-7-5-8-13;1-12-7-5-10-14-16(12)21(13-8-6-9-13)17(19-14)20-15(22)11-18(2,3)4;2-1-3/h6-13H,1-4H3,(H,24,25,27);4-10,26H,11H2,1-2H3,(H,22,23,25);6-9H,10H2,1-4H3,(H,20,21,24);8-11,13,23H,5-7H2,1-3H3,(H,20,21,24);4,6,9,13,22H,5,7-8,10-11H2,1-3H3,(H,19,20,23);5,7,10,13H,6,8-9,11H2,1-4H3,(H,19,20,22);/t13-;;;;;;/m1....../s1. The van der Waals surface area contributed by atoms with Crippen molar-refractivity contribution >= 4 is 166 Å². The molecule has 0 spiro atoms. The number of nitrogens with one attached hydrogen (secondary N) is 6. The molecule has 0 bridgehead atoms. The van der Waals surface area contributed by atoms with Gasteiger partial charge < -0.3 is 33.5 Å². The number of aromatic nitrogens is 13. The molecule has 3 fully saturated rings. The summed E-state index contributed by atoms with van der Waals surface area (Å²) in [6.45, 7) is 67.1. The van der Waals surface area contributed by atoms with Crippen molar-refractivity contribution in [3.05, 3.63) is 238 Å². The van der Waals surface area contributed by atoms with E-state index in [1.807, 2.05) is 123 Å². The van der Waals surface area contributed by atoms with E-state index in [4.69, 9.17) is 40.4 Å². The zero-order chi connectivity index (χ0) is 110. The second-order valence-electron chi connectivity index (χ2n) is 43.7. The average Bonchev–Trinajstić information content (AvgIpc) is 1.62. The fraction of sp³-hybridized carbons (Fsp3) is 0.398. The highest BCUT2D eigenvalue weighted by Crippen LogP contribution is 2.44. The highest BCUT2D eigenvalue weighted by atomic mass is 19.1. The summed E-state index contributed by atoms with van der Waals surface area (Å²) in [6.07, 6.45) is 10.9. The molecule has 3 aliphatic rings. The molecular formula is C113H129F2N23O12. The maximum Gasteiger partial charge on any atom is 0.373 e. The molecule has 1 unspecified atom stereocenters. The minimum absolute atomic E-state index is 0.0149. The Balaban J connectivity index is 0.000000159. The van der Waals surface area contributed by atoms with E-state index in [2.05, 4.69) is 129 Å². The number of halogens is 2. The molecular weight excluding hydrogens is 1910 g/mol. The number of carbonyl (C=O) groups is 6. The monoisotopic (exact) mass is 2040 g/mol. The van der Waals surface area contributed by atoms with Gasteiger partial charge in [0.05, 0.1) is 128 Å². The van der Waals surface area contributed by atoms with Gasteiger partial charge in [-0.2, -0.15) is 9.59 Å². The largest absolute Gasteiger partial charge is 0.392 e. The van der Waals surface area contributed by atoms with E-state index < -0.39 is 23.0 Å². The van der Waals surface area contributed by atoms with E-state index in [-0.39, 0.29) is 93.9 Å². The SMILES string of the molecule is CC(C)(C)CC(=O)Nc1nc2cccc(CO)c2n1C1CCC1.Cc1cccc2nc(NC(=O)CC(C)(C)C)n(C3CCC3)c12.O=C=O.[C-]#[N+]c1ccc2nc(NC(=O)C(C)(C)C(C)O)n(C3CCC3)c2c1.[C-]#[N+]c1ccc2nc(NC(=O)CC(C)(C)C)n(-c3cc(C)no3)c2c1.[C-]#[N+]c1ccc2nc(NC(=O)CC(C)(C)O)n(-c3ccc(F)cc3)c2c1.[C-]#[N+]c1ccc2nc(NC(=O)[C@@H](C)C(C)(C)C)n(-c3ccc(F)cc3)c2c1. The van der Waals surface area contributed by atoms with Crippen LogP contribution in [0.5, 0.6) is 0 Å². The fourth-order valence-electron chi connectivity index (χ4n) is 16.7. The van der Waals surface area contributed by atoms with E-state index in [0.717, 1.165) is 65.3 Å². The van der Waals surface area contributed by atoms with Gasteiger partial charge in [0.25, 0.3) is 0 Å². The van der Waals surface area contributed by atoms with Crippen LogP contribution in [-0.4, -0.2) is 131 Å². The van der Waals surface area contributed by atoms with Gasteiger partial charge in [0.1, 0.15) is 11.6 Å². The lowest BCUT2D eigenvalue weighted by Gasteiger charge is -2.31. The van der Waals surface area contributed by atoms with Gasteiger partial charge in [0.15, 0.2) is 22.7 Å². The van der Waals surface area contributed by atoms with Crippen molar-refractivity contribution in [3.8, 4) is 17.3 Å². The summed E-state index contributed by atoms with van der Waals surface area (Å²) in [5, 5.41) is 50.6. The predicted octanol–water partition coefficient (Wildman–Crippen LogP) is 24.5. The number of hydrogen-bond donors (Lipinski definition) is 9. The van der Waals surface area contributed by atoms with Crippen molar-refractivity contribution in [1.29, 1.82) is 0 Å². The van der Waals surface area contributed by atoms with Gasteiger partial charge in [-0.1, -0.05) is 144 Å². The third-order valence-electron chi connectivity index (χ3n) is 25.8. The maximum absolute atomic E-state index is 13.4. The van der Waals surface area contributed by atoms with Gasteiger partial charge in [0, 0.05) is 66.3 Å². The van der Waals surface area contributed by atoms with Crippen LogP contribution in [0, 0.1) is 84.8 Å². The summed E-state index contributed by atoms with van der Waals surface area (Å²) in [5.74, 6) is 1.30. The molecule has 0 radical (unpaired) electrons. The molecule has 8 aromatic carbocycles. The van der Waals surface area contributed by atoms with Crippen molar-refractivity contribution in [2.75, 3.05) is 31.9 Å². The Morgan fingerprint density at radius 1 is 0.433 bits per heavy atom. The minimum Gasteiger partial charge on any atom is -0.392 e. The lowest BCUT2D eigenvalue weighted by Crippen LogP contribution is -2.40. The number of aliphatic hydroxyl groups excluding tert-OH is 2. The Kier molecular flexibility index (Phi) is 35.4. The number of aliphatic hydroxyl groups is 3. The lowest BCUT2D eigenvalue weighted by molar-refractivity contribution is -0.192. The molecule has 7 heterocycles. The first-order valence-electron chi connectivity index (χ1n) is 49.6. The normalized spacial score (nSPS) is 13.6. The quantitative estimate of drug-likeness (QED) is 0.0302. The number of imidazole rings is 6. The van der Waals surface area contributed by atoms with Crippen molar-refractivity contribution in [3.63, 3.8) is 0 Å². The number of anilines is 6. The van der Waals surface area contributed by atoms with Crippen LogP contribution < -0.4 is 31.9 Å². The van der Waals surface area contributed by atoms with Gasteiger partial charge in [-0.3, -0.25) is 69.8 Å². The smallest absolute Gasteiger partial charge is 0.373 e. The molecule has 15 aromatic rings. The van der Waals surface area contributed by atoms with Gasteiger partial charge in [-0.25, -0.2) is 62.6 Å². The molecule has 7 aromatic heterocycles. The predicted molar refractivity (Wildman–Crippen MR) is 575 cm³/mol. The van der Waals surface area contributed by atoms with E-state index in [9.17, 15) is 52.9 Å². The molecule has 37 heteroatoms. The Hall–Kier alpha value is -16.3. The van der Waals surface area contributed by atoms with E-state index in [1.165, 1.54) is 74.9 Å². The second-order valence-corrected chi connectivity index (χ2v) is 43.7. The van der Waals surface area contributed by atoms with Gasteiger partial charge in [0.2, 0.25) is 77.0 Å². The minimum atomic E-state index is -1.16. The Labute approximate surface area is 869 Å². The van der Waals surface area contributed by atoms with Crippen LogP contribution in [0.3, 0.4) is 0 Å². The van der Waals surface area contributed by atoms with Crippen LogP contribution in [0.4, 0.5) is 67.2 Å². The van der Waals surface area contributed by atoms with Crippen molar-refractivity contribution in [1.82, 2.24) is 62.5 Å². The zero-order valence-corrected chi connectivity index (χ0v) is 88.2. The molecule has 782 valence electrons. The molecule has 0 aliphatic heterocycles. The Morgan fingerprint density at radius 3 is 1.14 bits per heavy atom. The molecule has 3 aliphatic carbocycles. The third kappa shape index (κ3) is 28.1. The van der Waals surface area contributed by atoms with E-state index >= 15 is 0 Å². The van der Waals surface area contributed by atoms with Gasteiger partial charge in [-0.05, 0) is 243 Å². The summed E-state index contributed by atoms with van der Waals surface area (Å²) < 4.78 is 43.5. The summed E-state index contributed by atoms with van der Waals surface area (Å²) in [6, 6.07) is 47.1. The Morgan fingerprint density at radius 2 is 0.773 bits per heavy atom. The van der Waals surface area contributed by atoms with Gasteiger partial charge in [-0.15, -0.1) is 0 Å². The lowest BCUT2D eigenvalue weighted by atomic mass is 9.81. The molecule has 0 saturated heterocycles. The second kappa shape index (κ2) is 47.2. The number of hydrogen-bond acceptors (Lipinski definition) is 19. The maximum atomic E-state index is 13.4. The van der Waals surface area contributed by atoms with Crippen LogP contribution in [0.1, 0.15) is 243 Å². The first-order chi connectivity index (χ1) is 70.7. The van der Waals surface area contributed by atoms with Crippen molar-refractivity contribution in [2.24, 2.45) is 33.0 Å². The first-order valence-corrected chi connectivity index (χ1v) is 49.6. The van der Waals surface area contributed by atoms with Gasteiger partial charge >= 0.3 is 6.15 Å². The fourth-order valence-corrected chi connectivity index (χ4v) is 16.7. The molecule has 18 rings (SSSR count). The van der Waals surface area contributed by atoms with E-state index in [0.29, 0.717) is 146 Å². The molecule has 9 N–H and O–H groups in total. The van der Waals surface area contributed by atoms with Crippen molar-refractivity contribution < 1.29 is 67.0 Å². The molecule has 150 heavy (non-hydrogen) atoms. The molecule has 35 nitrogen and oxygen atoms in total. The van der Waals surface area contributed by atoms with Crippen LogP contribution in [0.15, 0.2) is 168 Å². The van der Waals surface area contributed by atoms with Crippen LogP contribution in [0.25, 0.3) is 103 Å². The number of rotatable bonds is 21.